The maximum atomic E-state index is 13.6. The van der Waals surface area contributed by atoms with Gasteiger partial charge in [0.05, 0.1) is 6.54 Å². The van der Waals surface area contributed by atoms with Crippen molar-refractivity contribution < 1.29 is 9.18 Å². The first-order valence-electron chi connectivity index (χ1n) is 7.91. The number of nitrogens with zero attached hydrogens (tertiary/aromatic N) is 2. The molecule has 0 spiro atoms. The number of halogens is 1. The van der Waals surface area contributed by atoms with E-state index in [1.165, 1.54) is 6.07 Å². The van der Waals surface area contributed by atoms with Crippen LogP contribution in [0.3, 0.4) is 0 Å². The van der Waals surface area contributed by atoms with E-state index in [-0.39, 0.29) is 11.7 Å². The normalized spacial score (nSPS) is 22.5. The molecule has 122 valence electrons. The molecule has 0 saturated carbocycles. The number of carbonyl (C=O) groups is 1. The van der Waals surface area contributed by atoms with E-state index < -0.39 is 0 Å². The molecule has 5 heteroatoms. The van der Waals surface area contributed by atoms with Gasteiger partial charge in [-0.1, -0.05) is 25.1 Å². The van der Waals surface area contributed by atoms with E-state index in [0.717, 1.165) is 19.5 Å². The van der Waals surface area contributed by atoms with Gasteiger partial charge in [0, 0.05) is 25.7 Å². The van der Waals surface area contributed by atoms with Gasteiger partial charge in [0.15, 0.2) is 0 Å². The van der Waals surface area contributed by atoms with Crippen molar-refractivity contribution in [3.8, 4) is 0 Å². The minimum Gasteiger partial charge on any atom is -0.340 e. The number of carbonyl (C=O) groups excluding carboxylic acids is 1. The van der Waals surface area contributed by atoms with Gasteiger partial charge in [-0.2, -0.15) is 0 Å². The Labute approximate surface area is 132 Å². The van der Waals surface area contributed by atoms with E-state index in [4.69, 9.17) is 5.73 Å². The zero-order chi connectivity index (χ0) is 16.1. The van der Waals surface area contributed by atoms with Gasteiger partial charge in [-0.15, -0.1) is 0 Å². The molecule has 2 atom stereocenters. The zero-order valence-electron chi connectivity index (χ0n) is 13.5. The van der Waals surface area contributed by atoms with Crippen molar-refractivity contribution in [3.05, 3.63) is 35.6 Å². The quantitative estimate of drug-likeness (QED) is 0.901. The highest BCUT2D eigenvalue weighted by molar-refractivity contribution is 5.78. The molecular weight excluding hydrogens is 281 g/mol. The van der Waals surface area contributed by atoms with Crippen LogP contribution >= 0.6 is 0 Å². The first-order valence-corrected chi connectivity index (χ1v) is 7.91. The lowest BCUT2D eigenvalue weighted by Crippen LogP contribution is -2.46. The highest BCUT2D eigenvalue weighted by atomic mass is 19.1. The topological polar surface area (TPSA) is 49.6 Å². The molecule has 1 amide bonds. The first-order chi connectivity index (χ1) is 10.5. The molecule has 4 nitrogen and oxygen atoms in total. The molecule has 1 fully saturated rings. The molecule has 1 heterocycles. The SMILES string of the molecule is CC1CCN(CC(=O)N(C)Cc2ccccc2F)CC1CN. The van der Waals surface area contributed by atoms with Gasteiger partial charge in [0.25, 0.3) is 0 Å². The molecule has 1 aromatic carbocycles. The smallest absolute Gasteiger partial charge is 0.236 e. The fourth-order valence-electron chi connectivity index (χ4n) is 2.96. The monoisotopic (exact) mass is 307 g/mol. The lowest BCUT2D eigenvalue weighted by Gasteiger charge is -2.36. The fourth-order valence-corrected chi connectivity index (χ4v) is 2.96. The molecule has 1 aliphatic rings. The second kappa shape index (κ2) is 7.70. The van der Waals surface area contributed by atoms with E-state index in [2.05, 4.69) is 11.8 Å². The molecular formula is C17H26FN3O. The summed E-state index contributed by atoms with van der Waals surface area (Å²) in [5.74, 6) is 0.830. The van der Waals surface area contributed by atoms with Crippen molar-refractivity contribution in [1.82, 2.24) is 9.80 Å². The fraction of sp³-hybridized carbons (Fsp3) is 0.588. The van der Waals surface area contributed by atoms with Crippen LogP contribution in [-0.4, -0.2) is 48.9 Å². The summed E-state index contributed by atoms with van der Waals surface area (Å²) in [7, 11) is 1.72. The molecule has 0 bridgehead atoms. The van der Waals surface area contributed by atoms with Crippen LogP contribution in [0.4, 0.5) is 4.39 Å². The largest absolute Gasteiger partial charge is 0.340 e. The molecule has 2 N–H and O–H groups in total. The third-order valence-corrected chi connectivity index (χ3v) is 4.65. The van der Waals surface area contributed by atoms with E-state index in [0.29, 0.717) is 37.0 Å². The van der Waals surface area contributed by atoms with Crippen molar-refractivity contribution in [1.29, 1.82) is 0 Å². The van der Waals surface area contributed by atoms with E-state index in [1.807, 2.05) is 0 Å². The Hall–Kier alpha value is -1.46. The van der Waals surface area contributed by atoms with Crippen LogP contribution in [0.1, 0.15) is 18.9 Å². The molecule has 1 aliphatic heterocycles. The molecule has 0 aliphatic carbocycles. The summed E-state index contributed by atoms with van der Waals surface area (Å²) in [6.45, 7) is 5.37. The van der Waals surface area contributed by atoms with Crippen LogP contribution in [0.2, 0.25) is 0 Å². The van der Waals surface area contributed by atoms with Gasteiger partial charge in [0.1, 0.15) is 5.82 Å². The van der Waals surface area contributed by atoms with Crippen molar-refractivity contribution in [2.24, 2.45) is 17.6 Å². The van der Waals surface area contributed by atoms with E-state index in [9.17, 15) is 9.18 Å². The number of piperidine rings is 1. The predicted molar refractivity (Wildman–Crippen MR) is 85.6 cm³/mol. The van der Waals surface area contributed by atoms with Crippen LogP contribution in [0.5, 0.6) is 0 Å². The zero-order valence-corrected chi connectivity index (χ0v) is 13.5. The Balaban J connectivity index is 1.88. The Bertz CT molecular complexity index is 508. The number of hydrogen-bond donors (Lipinski definition) is 1. The number of likely N-dealkylation sites (N-methyl/N-ethyl adjacent to an activating group) is 1. The minimum atomic E-state index is -0.267. The predicted octanol–water partition coefficient (Wildman–Crippen LogP) is 1.70. The van der Waals surface area contributed by atoms with Gasteiger partial charge in [-0.25, -0.2) is 4.39 Å². The summed E-state index contributed by atoms with van der Waals surface area (Å²) in [6.07, 6.45) is 1.08. The summed E-state index contributed by atoms with van der Waals surface area (Å²) in [5.41, 5.74) is 6.35. The molecule has 22 heavy (non-hydrogen) atoms. The van der Waals surface area contributed by atoms with Gasteiger partial charge >= 0.3 is 0 Å². The standard InChI is InChI=1S/C17H26FN3O/c1-13-7-8-21(11-15(13)9-19)12-17(22)20(2)10-14-5-3-4-6-16(14)18/h3-6,13,15H,7-12,19H2,1-2H3. The Morgan fingerprint density at radius 1 is 1.45 bits per heavy atom. The number of nitrogens with two attached hydrogens (primary N) is 1. The summed E-state index contributed by atoms with van der Waals surface area (Å²) < 4.78 is 13.6. The number of benzene rings is 1. The Morgan fingerprint density at radius 3 is 2.86 bits per heavy atom. The van der Waals surface area contributed by atoms with Gasteiger partial charge in [-0.3, -0.25) is 9.69 Å². The second-order valence-corrected chi connectivity index (χ2v) is 6.34. The van der Waals surface area contributed by atoms with Crippen molar-refractivity contribution in [3.63, 3.8) is 0 Å². The van der Waals surface area contributed by atoms with E-state index in [1.54, 1.807) is 30.1 Å². The van der Waals surface area contributed by atoms with Crippen LogP contribution in [0, 0.1) is 17.7 Å². The average molecular weight is 307 g/mol. The number of amides is 1. The van der Waals surface area contributed by atoms with Crippen LogP contribution in [-0.2, 0) is 11.3 Å². The number of rotatable bonds is 5. The third kappa shape index (κ3) is 4.27. The maximum Gasteiger partial charge on any atom is 0.236 e. The molecule has 1 aromatic rings. The summed E-state index contributed by atoms with van der Waals surface area (Å²) in [5, 5.41) is 0. The van der Waals surface area contributed by atoms with Crippen LogP contribution < -0.4 is 5.73 Å². The Kier molecular flexibility index (Phi) is 5.91. The lowest BCUT2D eigenvalue weighted by atomic mass is 9.87. The first kappa shape index (κ1) is 16.9. The van der Waals surface area contributed by atoms with Crippen LogP contribution in [0.15, 0.2) is 24.3 Å². The van der Waals surface area contributed by atoms with Gasteiger partial charge in [0.2, 0.25) is 5.91 Å². The van der Waals surface area contributed by atoms with Crippen molar-refractivity contribution in [2.45, 2.75) is 19.9 Å². The minimum absolute atomic E-state index is 0.0218. The molecule has 2 rings (SSSR count). The Morgan fingerprint density at radius 2 is 2.18 bits per heavy atom. The van der Waals surface area contributed by atoms with Gasteiger partial charge < -0.3 is 10.6 Å². The van der Waals surface area contributed by atoms with Gasteiger partial charge in [-0.05, 0) is 37.4 Å². The highest BCUT2D eigenvalue weighted by Gasteiger charge is 2.26. The van der Waals surface area contributed by atoms with Crippen molar-refractivity contribution in [2.75, 3.05) is 33.2 Å². The van der Waals surface area contributed by atoms with Crippen molar-refractivity contribution >= 4 is 5.91 Å². The summed E-state index contributed by atoms with van der Waals surface area (Å²) in [4.78, 5) is 16.1. The molecule has 1 saturated heterocycles. The molecule has 0 aromatic heterocycles. The third-order valence-electron chi connectivity index (χ3n) is 4.65. The van der Waals surface area contributed by atoms with E-state index >= 15 is 0 Å². The molecule has 0 radical (unpaired) electrons. The summed E-state index contributed by atoms with van der Waals surface area (Å²) in [6, 6.07) is 6.58. The van der Waals surface area contributed by atoms with Crippen LogP contribution in [0.25, 0.3) is 0 Å². The average Bonchev–Trinajstić information content (AvgIpc) is 2.51. The maximum absolute atomic E-state index is 13.6. The number of likely N-dealkylation sites (tertiary alicyclic amines) is 1. The highest BCUT2D eigenvalue weighted by Crippen LogP contribution is 2.22. The number of hydrogen-bond acceptors (Lipinski definition) is 3. The lowest BCUT2D eigenvalue weighted by molar-refractivity contribution is -0.132. The summed E-state index contributed by atoms with van der Waals surface area (Å²) >= 11 is 0. The second-order valence-electron chi connectivity index (χ2n) is 6.34. The molecule has 2 unspecified atom stereocenters.